The molecule has 1 rings (SSSR count). The minimum Gasteiger partial charge on any atom is -0.473 e. The van der Waals surface area contributed by atoms with Gasteiger partial charge in [-0.3, -0.25) is 4.79 Å². The van der Waals surface area contributed by atoms with E-state index in [0.29, 0.717) is 5.75 Å². The molecule has 0 radical (unpaired) electrons. The Hall–Kier alpha value is -2.06. The van der Waals surface area contributed by atoms with E-state index >= 15 is 0 Å². The maximum atomic E-state index is 11.7. The first-order valence-corrected chi connectivity index (χ1v) is 9.96. The Morgan fingerprint density at radius 3 is 2.19 bits per heavy atom. The molecule has 27 heavy (non-hydrogen) atoms. The number of amides is 1. The highest BCUT2D eigenvalue weighted by Gasteiger charge is 2.04. The maximum absolute atomic E-state index is 11.7. The van der Waals surface area contributed by atoms with Gasteiger partial charge in [0.05, 0.1) is 5.75 Å². The van der Waals surface area contributed by atoms with E-state index < -0.39 is 11.9 Å². The van der Waals surface area contributed by atoms with Gasteiger partial charge in [0.15, 0.2) is 0 Å². The smallest absolute Gasteiger partial charge is 0.414 e. The molecule has 0 saturated heterocycles. The molecule has 0 aliphatic carbocycles. The van der Waals surface area contributed by atoms with Crippen LogP contribution in [-0.4, -0.2) is 65.4 Å². The number of nitrogens with zero attached hydrogens (tertiary/aromatic N) is 1. The number of rotatable bonds is 10. The molecule has 0 atom stereocenters. The Balaban J connectivity index is 0.000000972. The first kappa shape index (κ1) is 24.9. The molecule has 1 amide bonds. The number of carboxylic acid groups (broad SMARTS) is 2. The van der Waals surface area contributed by atoms with Gasteiger partial charge in [0.2, 0.25) is 5.91 Å². The molecule has 0 unspecified atom stereocenters. The number of unbranched alkanes of at least 4 members (excludes halogenated alkanes) is 1. The van der Waals surface area contributed by atoms with Crippen molar-refractivity contribution in [3.63, 3.8) is 0 Å². The number of carboxylic acids is 2. The van der Waals surface area contributed by atoms with Gasteiger partial charge in [-0.25, -0.2) is 9.59 Å². The number of hydrogen-bond acceptors (Lipinski definition) is 5. The zero-order chi connectivity index (χ0) is 20.7. The van der Waals surface area contributed by atoms with Gasteiger partial charge in [0, 0.05) is 18.8 Å². The van der Waals surface area contributed by atoms with E-state index in [-0.39, 0.29) is 5.91 Å². The van der Waals surface area contributed by atoms with E-state index in [1.165, 1.54) is 24.0 Å². The number of carbonyl (C=O) groups is 3. The van der Waals surface area contributed by atoms with Crippen LogP contribution in [0.15, 0.2) is 24.3 Å². The summed E-state index contributed by atoms with van der Waals surface area (Å²) in [7, 11) is 2.11. The van der Waals surface area contributed by atoms with Gasteiger partial charge in [-0.05, 0) is 32.5 Å². The number of aliphatic carboxylic acids is 2. The molecule has 1 aromatic carbocycles. The van der Waals surface area contributed by atoms with E-state index in [9.17, 15) is 4.79 Å². The molecule has 3 N–H and O–H groups in total. The maximum Gasteiger partial charge on any atom is 0.414 e. The SMILES string of the molecule is CCCCN(C)CCNC(=O)CSCc1ccc(C)cc1.O=C(O)C(=O)O. The van der Waals surface area contributed by atoms with Crippen LogP contribution in [-0.2, 0) is 20.1 Å². The number of hydrogen-bond donors (Lipinski definition) is 3. The molecule has 1 aromatic rings. The lowest BCUT2D eigenvalue weighted by Gasteiger charge is -2.16. The van der Waals surface area contributed by atoms with Crippen molar-refractivity contribution in [3.8, 4) is 0 Å². The van der Waals surface area contributed by atoms with Crippen molar-refractivity contribution in [2.24, 2.45) is 0 Å². The van der Waals surface area contributed by atoms with E-state index in [0.717, 1.165) is 25.4 Å². The standard InChI is InChI=1S/C17H28N2OS.C2H2O4/c1-4-5-11-19(3)12-10-18-17(20)14-21-13-16-8-6-15(2)7-9-16;3-1(4)2(5)6/h6-9H,4-5,10-14H2,1-3H3,(H,18,20);(H,3,4)(H,5,6). The van der Waals surface area contributed by atoms with Crippen LogP contribution in [0.2, 0.25) is 0 Å². The van der Waals surface area contributed by atoms with Crippen LogP contribution in [0.25, 0.3) is 0 Å². The summed E-state index contributed by atoms with van der Waals surface area (Å²) in [5.74, 6) is -2.09. The van der Waals surface area contributed by atoms with Crippen molar-refractivity contribution >= 4 is 29.6 Å². The van der Waals surface area contributed by atoms with Gasteiger partial charge in [-0.15, -0.1) is 11.8 Å². The van der Waals surface area contributed by atoms with Crippen LogP contribution in [0.3, 0.4) is 0 Å². The lowest BCUT2D eigenvalue weighted by molar-refractivity contribution is -0.159. The second-order valence-corrected chi connectivity index (χ2v) is 7.08. The molecule has 0 saturated carbocycles. The quantitative estimate of drug-likeness (QED) is 0.519. The second kappa shape index (κ2) is 15.0. The third-order valence-electron chi connectivity index (χ3n) is 3.51. The predicted molar refractivity (Wildman–Crippen MR) is 108 cm³/mol. The third-order valence-corrected chi connectivity index (χ3v) is 4.52. The number of likely N-dealkylation sites (N-methyl/N-ethyl adjacent to an activating group) is 1. The topological polar surface area (TPSA) is 107 Å². The van der Waals surface area contributed by atoms with E-state index in [2.05, 4.69) is 55.4 Å². The van der Waals surface area contributed by atoms with E-state index in [1.54, 1.807) is 11.8 Å². The minimum atomic E-state index is -1.82. The van der Waals surface area contributed by atoms with Crippen LogP contribution in [0.4, 0.5) is 0 Å². The molecule has 0 aliphatic heterocycles. The lowest BCUT2D eigenvalue weighted by atomic mass is 10.2. The van der Waals surface area contributed by atoms with Crippen molar-refractivity contribution in [2.45, 2.75) is 32.4 Å². The third kappa shape index (κ3) is 14.8. The van der Waals surface area contributed by atoms with Crippen LogP contribution >= 0.6 is 11.8 Å². The van der Waals surface area contributed by atoms with Gasteiger partial charge in [0.25, 0.3) is 0 Å². The van der Waals surface area contributed by atoms with Crippen LogP contribution in [0, 0.1) is 6.92 Å². The Kier molecular flexibility index (Phi) is 13.9. The fraction of sp³-hybridized carbons (Fsp3) is 0.526. The largest absolute Gasteiger partial charge is 0.473 e. The van der Waals surface area contributed by atoms with Crippen LogP contribution < -0.4 is 5.32 Å². The summed E-state index contributed by atoms with van der Waals surface area (Å²) in [6, 6.07) is 8.48. The minimum absolute atomic E-state index is 0.135. The zero-order valence-corrected chi connectivity index (χ0v) is 17.1. The van der Waals surface area contributed by atoms with Gasteiger partial charge in [-0.2, -0.15) is 0 Å². The average molecular weight is 399 g/mol. The predicted octanol–water partition coefficient (Wildman–Crippen LogP) is 2.23. The Morgan fingerprint density at radius 1 is 1.07 bits per heavy atom. The molecule has 0 aromatic heterocycles. The van der Waals surface area contributed by atoms with Gasteiger partial charge in [-0.1, -0.05) is 43.2 Å². The van der Waals surface area contributed by atoms with Gasteiger partial charge < -0.3 is 20.4 Å². The average Bonchev–Trinajstić information content (AvgIpc) is 2.62. The van der Waals surface area contributed by atoms with Crippen molar-refractivity contribution < 1.29 is 24.6 Å². The number of benzene rings is 1. The molecule has 8 heteroatoms. The molecule has 152 valence electrons. The zero-order valence-electron chi connectivity index (χ0n) is 16.2. The second-order valence-electron chi connectivity index (χ2n) is 6.10. The fourth-order valence-corrected chi connectivity index (χ4v) is 2.74. The van der Waals surface area contributed by atoms with Crippen molar-refractivity contribution in [1.29, 1.82) is 0 Å². The molecule has 0 heterocycles. The molecule has 0 bridgehead atoms. The summed E-state index contributed by atoms with van der Waals surface area (Å²) < 4.78 is 0. The monoisotopic (exact) mass is 398 g/mol. The summed E-state index contributed by atoms with van der Waals surface area (Å²) in [5, 5.41) is 17.8. The summed E-state index contributed by atoms with van der Waals surface area (Å²) >= 11 is 1.67. The number of nitrogens with one attached hydrogen (secondary N) is 1. The normalized spacial score (nSPS) is 10.1. The summed E-state index contributed by atoms with van der Waals surface area (Å²) in [6.07, 6.45) is 2.43. The number of aryl methyl sites for hydroxylation is 1. The molecular formula is C19H30N2O5S. The van der Waals surface area contributed by atoms with Gasteiger partial charge in [0.1, 0.15) is 0 Å². The summed E-state index contributed by atoms with van der Waals surface area (Å²) in [6.45, 7) is 7.05. The molecule has 7 nitrogen and oxygen atoms in total. The Morgan fingerprint density at radius 2 is 1.67 bits per heavy atom. The lowest BCUT2D eigenvalue weighted by Crippen LogP contribution is -2.34. The summed E-state index contributed by atoms with van der Waals surface area (Å²) in [5.41, 5.74) is 2.55. The van der Waals surface area contributed by atoms with Gasteiger partial charge >= 0.3 is 11.9 Å². The summed E-state index contributed by atoms with van der Waals surface area (Å²) in [4.78, 5) is 32.2. The Labute approximate surface area is 165 Å². The van der Waals surface area contributed by atoms with Crippen molar-refractivity contribution in [3.05, 3.63) is 35.4 Å². The number of carbonyl (C=O) groups excluding carboxylic acids is 1. The molecule has 0 aliphatic rings. The van der Waals surface area contributed by atoms with Crippen molar-refractivity contribution in [2.75, 3.05) is 32.4 Å². The highest BCUT2D eigenvalue weighted by atomic mass is 32.2. The molecule has 0 fully saturated rings. The molecule has 0 spiro atoms. The molecular weight excluding hydrogens is 368 g/mol. The number of thioether (sulfide) groups is 1. The van der Waals surface area contributed by atoms with Crippen LogP contribution in [0.5, 0.6) is 0 Å². The Bertz CT molecular complexity index is 566. The van der Waals surface area contributed by atoms with Crippen LogP contribution in [0.1, 0.15) is 30.9 Å². The highest BCUT2D eigenvalue weighted by Crippen LogP contribution is 2.12. The first-order chi connectivity index (χ1) is 12.8. The highest BCUT2D eigenvalue weighted by molar-refractivity contribution is 7.99. The van der Waals surface area contributed by atoms with E-state index in [1.807, 2.05) is 0 Å². The first-order valence-electron chi connectivity index (χ1n) is 8.81. The fourth-order valence-electron chi connectivity index (χ4n) is 1.92. The van der Waals surface area contributed by atoms with E-state index in [4.69, 9.17) is 19.8 Å². The van der Waals surface area contributed by atoms with Crippen molar-refractivity contribution in [1.82, 2.24) is 10.2 Å².